The minimum Gasteiger partial charge on any atom is -0.463 e. The maximum Gasteiger partial charge on any atom is 0.303 e. The summed E-state index contributed by atoms with van der Waals surface area (Å²) in [5.74, 6) is -5.71. The van der Waals surface area contributed by atoms with Gasteiger partial charge in [0, 0.05) is 48.5 Å². The van der Waals surface area contributed by atoms with Gasteiger partial charge >= 0.3 is 29.8 Å². The summed E-state index contributed by atoms with van der Waals surface area (Å²) in [7, 11) is 0. The standard InChI is InChI=1S/C20H30N2O12/c1-10(23)21-22(11(2)24)17(8-30-12(3)25)19(33-15(6)28)20(34-16(7)29)18(32-14(5)27)9-31-13(4)26/h17-20H,8-9H2,1-7H3,(H,21,23)/t17-,18+,19-,20-/m0/s1. The number of carbonyl (C=O) groups is 7. The van der Waals surface area contributed by atoms with Crippen molar-refractivity contribution in [2.75, 3.05) is 13.2 Å². The van der Waals surface area contributed by atoms with Crippen LogP contribution in [0.4, 0.5) is 0 Å². The lowest BCUT2D eigenvalue weighted by molar-refractivity contribution is -0.199. The zero-order valence-electron chi connectivity index (χ0n) is 20.1. The summed E-state index contributed by atoms with van der Waals surface area (Å²) in [6, 6.07) is -1.46. The first-order chi connectivity index (χ1) is 15.6. The Kier molecular flexibility index (Phi) is 12.9. The predicted octanol–water partition coefficient (Wildman–Crippen LogP) is -0.824. The minimum atomic E-state index is -1.67. The summed E-state index contributed by atoms with van der Waals surface area (Å²) >= 11 is 0. The number of ether oxygens (including phenoxy) is 5. The van der Waals surface area contributed by atoms with E-state index in [1.807, 2.05) is 0 Å². The van der Waals surface area contributed by atoms with Gasteiger partial charge in [0.2, 0.25) is 11.8 Å². The second kappa shape index (κ2) is 14.4. The van der Waals surface area contributed by atoms with Crippen LogP contribution in [0.2, 0.25) is 0 Å². The van der Waals surface area contributed by atoms with Gasteiger partial charge in [-0.1, -0.05) is 0 Å². The molecule has 0 radical (unpaired) electrons. The van der Waals surface area contributed by atoms with Crippen molar-refractivity contribution in [1.82, 2.24) is 10.4 Å². The molecule has 1 N–H and O–H groups in total. The zero-order valence-corrected chi connectivity index (χ0v) is 20.1. The average molecular weight is 490 g/mol. The summed E-state index contributed by atoms with van der Waals surface area (Å²) in [6.07, 6.45) is -4.85. The molecule has 0 spiro atoms. The molecule has 0 aromatic heterocycles. The molecule has 0 unspecified atom stereocenters. The Labute approximate surface area is 196 Å². The van der Waals surface area contributed by atoms with Gasteiger partial charge in [-0.2, -0.15) is 0 Å². The SMILES string of the molecule is CC(=O)NN(C(C)=O)[C@@H](COC(C)=O)[C@H](OC(C)=O)[C@@H](OC(C)=O)[C@@H](COC(C)=O)OC(C)=O. The average Bonchev–Trinajstić information content (AvgIpc) is 2.66. The molecule has 0 bridgehead atoms. The smallest absolute Gasteiger partial charge is 0.303 e. The summed E-state index contributed by atoms with van der Waals surface area (Å²) < 4.78 is 25.6. The van der Waals surface area contributed by atoms with E-state index < -0.39 is 79.2 Å². The van der Waals surface area contributed by atoms with Crippen LogP contribution in [-0.2, 0) is 57.2 Å². The maximum absolute atomic E-state index is 12.3. The van der Waals surface area contributed by atoms with E-state index in [2.05, 4.69) is 5.43 Å². The highest BCUT2D eigenvalue weighted by Crippen LogP contribution is 2.21. The fourth-order valence-corrected chi connectivity index (χ4v) is 2.79. The van der Waals surface area contributed by atoms with Crippen LogP contribution in [-0.4, -0.2) is 84.2 Å². The van der Waals surface area contributed by atoms with Crippen molar-refractivity contribution >= 4 is 41.7 Å². The largest absolute Gasteiger partial charge is 0.463 e. The third-order valence-electron chi connectivity index (χ3n) is 3.85. The quantitative estimate of drug-likeness (QED) is 0.216. The normalized spacial score (nSPS) is 13.7. The van der Waals surface area contributed by atoms with E-state index in [1.165, 1.54) is 0 Å². The molecule has 0 rings (SSSR count). The van der Waals surface area contributed by atoms with Crippen molar-refractivity contribution < 1.29 is 57.2 Å². The van der Waals surface area contributed by atoms with Crippen molar-refractivity contribution in [2.24, 2.45) is 0 Å². The summed E-state index contributed by atoms with van der Waals surface area (Å²) in [5.41, 5.74) is 2.22. The van der Waals surface area contributed by atoms with Crippen LogP contribution in [0.25, 0.3) is 0 Å². The number of nitrogens with zero attached hydrogens (tertiary/aromatic N) is 1. The van der Waals surface area contributed by atoms with Crippen molar-refractivity contribution in [3.63, 3.8) is 0 Å². The molecule has 0 aromatic rings. The molecule has 0 aromatic carbocycles. The molecular weight excluding hydrogens is 460 g/mol. The Morgan fingerprint density at radius 2 is 1.06 bits per heavy atom. The van der Waals surface area contributed by atoms with Crippen LogP contribution in [0.15, 0.2) is 0 Å². The number of hydrazine groups is 1. The van der Waals surface area contributed by atoms with Gasteiger partial charge in [-0.05, 0) is 0 Å². The van der Waals surface area contributed by atoms with Gasteiger partial charge in [-0.15, -0.1) is 0 Å². The molecule has 0 saturated carbocycles. The van der Waals surface area contributed by atoms with Crippen LogP contribution in [0.1, 0.15) is 48.5 Å². The molecular formula is C20H30N2O12. The van der Waals surface area contributed by atoms with Crippen molar-refractivity contribution in [1.29, 1.82) is 0 Å². The first kappa shape index (κ1) is 30.3. The van der Waals surface area contributed by atoms with Gasteiger partial charge in [0.15, 0.2) is 18.3 Å². The van der Waals surface area contributed by atoms with Gasteiger partial charge in [-0.25, -0.2) is 5.01 Å². The highest BCUT2D eigenvalue weighted by Gasteiger charge is 2.46. The number of hydrogen-bond acceptors (Lipinski definition) is 12. The minimum absolute atomic E-state index is 0.620. The molecule has 0 fully saturated rings. The summed E-state index contributed by atoms with van der Waals surface area (Å²) in [4.78, 5) is 82.4. The monoisotopic (exact) mass is 490 g/mol. The van der Waals surface area contributed by atoms with E-state index in [4.69, 9.17) is 23.7 Å². The number of esters is 5. The maximum atomic E-state index is 12.3. The van der Waals surface area contributed by atoms with E-state index in [9.17, 15) is 33.6 Å². The summed E-state index contributed by atoms with van der Waals surface area (Å²) in [5, 5.41) is 0.714. The van der Waals surface area contributed by atoms with E-state index in [-0.39, 0.29) is 0 Å². The Morgan fingerprint density at radius 1 is 0.618 bits per heavy atom. The molecule has 34 heavy (non-hydrogen) atoms. The first-order valence-corrected chi connectivity index (χ1v) is 10.0. The number of hydrogen-bond donors (Lipinski definition) is 1. The fraction of sp³-hybridized carbons (Fsp3) is 0.650. The summed E-state index contributed by atoms with van der Waals surface area (Å²) in [6.45, 7) is 6.08. The highest BCUT2D eigenvalue weighted by molar-refractivity contribution is 5.80. The molecule has 0 aliphatic rings. The predicted molar refractivity (Wildman–Crippen MR) is 110 cm³/mol. The van der Waals surface area contributed by atoms with E-state index in [1.54, 1.807) is 0 Å². The third kappa shape index (κ3) is 11.8. The molecule has 0 aliphatic carbocycles. The lowest BCUT2D eigenvalue weighted by Crippen LogP contribution is -2.63. The molecule has 0 aliphatic heterocycles. The van der Waals surface area contributed by atoms with E-state index in [0.29, 0.717) is 5.01 Å². The Morgan fingerprint density at radius 3 is 1.44 bits per heavy atom. The van der Waals surface area contributed by atoms with Crippen LogP contribution < -0.4 is 5.43 Å². The van der Waals surface area contributed by atoms with Crippen molar-refractivity contribution in [3.8, 4) is 0 Å². The van der Waals surface area contributed by atoms with Crippen molar-refractivity contribution in [3.05, 3.63) is 0 Å². The Balaban J connectivity index is 6.74. The molecule has 4 atom stereocenters. The molecule has 14 nitrogen and oxygen atoms in total. The Bertz CT molecular complexity index is 796. The fourth-order valence-electron chi connectivity index (χ4n) is 2.79. The second-order valence-corrected chi connectivity index (χ2v) is 7.03. The third-order valence-corrected chi connectivity index (χ3v) is 3.85. The highest BCUT2D eigenvalue weighted by atomic mass is 16.6. The number of carbonyl (C=O) groups excluding carboxylic acids is 7. The lowest BCUT2D eigenvalue weighted by Gasteiger charge is -2.39. The number of amides is 2. The number of nitrogens with one attached hydrogen (secondary N) is 1. The second-order valence-electron chi connectivity index (χ2n) is 7.03. The molecule has 192 valence electrons. The molecule has 0 heterocycles. The van der Waals surface area contributed by atoms with Gasteiger partial charge in [-0.3, -0.25) is 39.0 Å². The van der Waals surface area contributed by atoms with Crippen LogP contribution in [0.5, 0.6) is 0 Å². The molecule has 0 saturated heterocycles. The topological polar surface area (TPSA) is 181 Å². The van der Waals surface area contributed by atoms with Gasteiger partial charge in [0.1, 0.15) is 19.3 Å². The number of rotatable bonds is 11. The van der Waals surface area contributed by atoms with Crippen LogP contribution in [0.3, 0.4) is 0 Å². The van der Waals surface area contributed by atoms with E-state index in [0.717, 1.165) is 48.5 Å². The van der Waals surface area contributed by atoms with E-state index >= 15 is 0 Å². The van der Waals surface area contributed by atoms with Crippen LogP contribution >= 0.6 is 0 Å². The van der Waals surface area contributed by atoms with Gasteiger partial charge in [0.05, 0.1) is 0 Å². The first-order valence-electron chi connectivity index (χ1n) is 10.0. The van der Waals surface area contributed by atoms with Gasteiger partial charge < -0.3 is 23.7 Å². The Hall–Kier alpha value is -3.71. The van der Waals surface area contributed by atoms with Gasteiger partial charge in [0.25, 0.3) is 0 Å². The van der Waals surface area contributed by atoms with Crippen molar-refractivity contribution in [2.45, 2.75) is 72.8 Å². The zero-order chi connectivity index (χ0) is 26.6. The lowest BCUT2D eigenvalue weighted by atomic mass is 9.99. The molecule has 2 amide bonds. The molecule has 14 heteroatoms. The van der Waals surface area contributed by atoms with Crippen LogP contribution in [0, 0.1) is 0 Å².